The molecule has 0 spiro atoms. The average Bonchev–Trinajstić information content (AvgIpc) is 2.28. The van der Waals surface area contributed by atoms with Crippen LogP contribution in [0.3, 0.4) is 0 Å². The van der Waals surface area contributed by atoms with Crippen LogP contribution in [0.2, 0.25) is 0 Å². The van der Waals surface area contributed by atoms with Crippen LogP contribution in [0, 0.1) is 0 Å². The van der Waals surface area contributed by atoms with Crippen molar-refractivity contribution in [2.45, 2.75) is 26.2 Å². The molecular formula is C13H15N3O. The quantitative estimate of drug-likeness (QED) is 0.815. The zero-order valence-corrected chi connectivity index (χ0v) is 10.2. The van der Waals surface area contributed by atoms with Crippen LogP contribution in [0.25, 0.3) is 11.3 Å². The fourth-order valence-electron chi connectivity index (χ4n) is 1.52. The molecule has 17 heavy (non-hydrogen) atoms. The molecule has 2 aromatic heterocycles. The van der Waals surface area contributed by atoms with Crippen molar-refractivity contribution in [3.8, 4) is 11.3 Å². The van der Waals surface area contributed by atoms with Crippen molar-refractivity contribution in [1.82, 2.24) is 15.0 Å². The molecule has 0 unspecified atom stereocenters. The van der Waals surface area contributed by atoms with Gasteiger partial charge >= 0.3 is 5.69 Å². The fourth-order valence-corrected chi connectivity index (χ4v) is 1.52. The largest absolute Gasteiger partial charge is 0.345 e. The topological polar surface area (TPSA) is 58.6 Å². The number of rotatable bonds is 1. The highest BCUT2D eigenvalue weighted by Gasteiger charge is 2.16. The van der Waals surface area contributed by atoms with Crippen LogP contribution < -0.4 is 5.69 Å². The predicted molar refractivity (Wildman–Crippen MR) is 66.8 cm³/mol. The summed E-state index contributed by atoms with van der Waals surface area (Å²) in [5.74, 6) is 0. The monoisotopic (exact) mass is 229 g/mol. The first-order chi connectivity index (χ1) is 7.97. The number of nitrogens with zero attached hydrogens (tertiary/aromatic N) is 2. The second-order valence-electron chi connectivity index (χ2n) is 4.98. The van der Waals surface area contributed by atoms with Gasteiger partial charge in [-0.3, -0.25) is 4.98 Å². The van der Waals surface area contributed by atoms with E-state index in [2.05, 4.69) is 15.0 Å². The van der Waals surface area contributed by atoms with E-state index in [9.17, 15) is 4.79 Å². The van der Waals surface area contributed by atoms with Gasteiger partial charge in [0.25, 0.3) is 0 Å². The molecule has 0 aliphatic carbocycles. The van der Waals surface area contributed by atoms with Crippen LogP contribution in [0.1, 0.15) is 26.5 Å². The molecular weight excluding hydrogens is 214 g/mol. The van der Waals surface area contributed by atoms with Gasteiger partial charge in [-0.1, -0.05) is 20.8 Å². The summed E-state index contributed by atoms with van der Waals surface area (Å²) in [4.78, 5) is 22.3. The van der Waals surface area contributed by atoms with E-state index in [4.69, 9.17) is 0 Å². The second-order valence-corrected chi connectivity index (χ2v) is 4.98. The van der Waals surface area contributed by atoms with Crippen molar-refractivity contribution in [3.05, 3.63) is 46.8 Å². The molecule has 4 nitrogen and oxygen atoms in total. The van der Waals surface area contributed by atoms with Gasteiger partial charge in [0.05, 0.1) is 5.69 Å². The summed E-state index contributed by atoms with van der Waals surface area (Å²) >= 11 is 0. The smallest absolute Gasteiger partial charge is 0.309 e. The summed E-state index contributed by atoms with van der Waals surface area (Å²) < 4.78 is 0. The van der Waals surface area contributed by atoms with E-state index in [0.717, 1.165) is 11.3 Å². The second kappa shape index (κ2) is 4.13. The van der Waals surface area contributed by atoms with E-state index in [0.29, 0.717) is 5.69 Å². The molecule has 2 rings (SSSR count). The number of aromatic nitrogens is 3. The molecule has 0 aliphatic rings. The number of pyridine rings is 1. The third-order valence-corrected chi connectivity index (χ3v) is 2.51. The molecule has 0 amide bonds. The number of H-pyrrole nitrogens is 1. The first-order valence-electron chi connectivity index (χ1n) is 5.49. The maximum Gasteiger partial charge on any atom is 0.345 e. The third kappa shape index (κ3) is 2.58. The summed E-state index contributed by atoms with van der Waals surface area (Å²) in [6.07, 6.45) is 3.40. The Bertz CT molecular complexity index is 567. The van der Waals surface area contributed by atoms with E-state index >= 15 is 0 Å². The molecule has 4 heteroatoms. The Morgan fingerprint density at radius 1 is 1.29 bits per heavy atom. The minimum absolute atomic E-state index is 0.112. The van der Waals surface area contributed by atoms with Crippen molar-refractivity contribution in [1.29, 1.82) is 0 Å². The number of aromatic amines is 1. The van der Waals surface area contributed by atoms with E-state index in [1.807, 2.05) is 39.0 Å². The van der Waals surface area contributed by atoms with Gasteiger partial charge in [0, 0.05) is 29.1 Å². The molecule has 0 bridgehead atoms. The predicted octanol–water partition coefficient (Wildman–Crippen LogP) is 2.13. The van der Waals surface area contributed by atoms with Crippen LogP contribution in [0.15, 0.2) is 35.4 Å². The van der Waals surface area contributed by atoms with Crippen LogP contribution >= 0.6 is 0 Å². The average molecular weight is 229 g/mol. The molecule has 0 radical (unpaired) electrons. The van der Waals surface area contributed by atoms with Crippen molar-refractivity contribution in [2.24, 2.45) is 0 Å². The number of hydrogen-bond acceptors (Lipinski definition) is 3. The standard InChI is InChI=1S/C13H15N3O/c1-13(2,3)11-7-10(15-12(17)16-11)9-5-4-6-14-8-9/h4-8H,1-3H3,(H,15,16,17). The molecule has 1 N–H and O–H groups in total. The minimum atomic E-state index is -0.323. The van der Waals surface area contributed by atoms with Crippen LogP contribution in [-0.4, -0.2) is 15.0 Å². The maximum absolute atomic E-state index is 11.5. The fraction of sp³-hybridized carbons (Fsp3) is 0.308. The van der Waals surface area contributed by atoms with Crippen LogP contribution in [0.4, 0.5) is 0 Å². The normalized spacial score (nSPS) is 11.5. The molecule has 0 atom stereocenters. The molecule has 0 saturated heterocycles. The van der Waals surface area contributed by atoms with Crippen molar-refractivity contribution < 1.29 is 0 Å². The highest BCUT2D eigenvalue weighted by atomic mass is 16.1. The molecule has 2 aromatic rings. The molecule has 2 heterocycles. The summed E-state index contributed by atoms with van der Waals surface area (Å²) in [7, 11) is 0. The Labute approximate surface area is 99.8 Å². The van der Waals surface area contributed by atoms with Gasteiger partial charge in [0.2, 0.25) is 0 Å². The van der Waals surface area contributed by atoms with Gasteiger partial charge in [-0.2, -0.15) is 4.98 Å². The van der Waals surface area contributed by atoms with E-state index < -0.39 is 0 Å². The Kier molecular flexibility index (Phi) is 2.79. The van der Waals surface area contributed by atoms with Crippen LogP contribution in [0.5, 0.6) is 0 Å². The molecule has 0 fully saturated rings. The van der Waals surface area contributed by atoms with Gasteiger partial charge in [0.1, 0.15) is 0 Å². The lowest BCUT2D eigenvalue weighted by Crippen LogP contribution is -2.21. The van der Waals surface area contributed by atoms with Gasteiger partial charge in [0.15, 0.2) is 0 Å². The maximum atomic E-state index is 11.5. The molecule has 0 saturated carbocycles. The summed E-state index contributed by atoms with van der Waals surface area (Å²) in [5.41, 5.74) is 1.95. The highest BCUT2D eigenvalue weighted by Crippen LogP contribution is 2.22. The van der Waals surface area contributed by atoms with Crippen molar-refractivity contribution in [2.75, 3.05) is 0 Å². The first kappa shape index (κ1) is 11.5. The lowest BCUT2D eigenvalue weighted by molar-refractivity contribution is 0.564. The summed E-state index contributed by atoms with van der Waals surface area (Å²) in [6.45, 7) is 6.14. The molecule has 88 valence electrons. The SMILES string of the molecule is CC(C)(C)c1cc(-c2cccnc2)nc(=O)[nH]1. The Balaban J connectivity index is 2.58. The summed E-state index contributed by atoms with van der Waals surface area (Å²) in [6, 6.07) is 5.62. The molecule has 0 aromatic carbocycles. The number of nitrogens with one attached hydrogen (secondary N) is 1. The minimum Gasteiger partial charge on any atom is -0.309 e. The van der Waals surface area contributed by atoms with Crippen molar-refractivity contribution >= 4 is 0 Å². The van der Waals surface area contributed by atoms with Crippen molar-refractivity contribution in [3.63, 3.8) is 0 Å². The zero-order chi connectivity index (χ0) is 12.5. The van der Waals surface area contributed by atoms with Gasteiger partial charge in [-0.15, -0.1) is 0 Å². The van der Waals surface area contributed by atoms with Crippen LogP contribution in [-0.2, 0) is 5.41 Å². The Hall–Kier alpha value is -1.97. The van der Waals surface area contributed by atoms with Gasteiger partial charge in [-0.25, -0.2) is 4.79 Å². The zero-order valence-electron chi connectivity index (χ0n) is 10.2. The lowest BCUT2D eigenvalue weighted by atomic mass is 9.91. The first-order valence-corrected chi connectivity index (χ1v) is 5.49. The summed E-state index contributed by atoms with van der Waals surface area (Å²) in [5, 5.41) is 0. The molecule has 0 aliphatic heterocycles. The third-order valence-electron chi connectivity index (χ3n) is 2.51. The lowest BCUT2D eigenvalue weighted by Gasteiger charge is -2.18. The van der Waals surface area contributed by atoms with E-state index in [1.54, 1.807) is 12.4 Å². The Morgan fingerprint density at radius 2 is 2.06 bits per heavy atom. The van der Waals surface area contributed by atoms with Gasteiger partial charge in [-0.05, 0) is 18.2 Å². The highest BCUT2D eigenvalue weighted by molar-refractivity contribution is 5.57. The number of hydrogen-bond donors (Lipinski definition) is 1. The Morgan fingerprint density at radius 3 is 2.65 bits per heavy atom. The van der Waals surface area contributed by atoms with E-state index in [1.165, 1.54) is 0 Å². The van der Waals surface area contributed by atoms with Gasteiger partial charge < -0.3 is 4.98 Å². The van der Waals surface area contributed by atoms with E-state index in [-0.39, 0.29) is 11.1 Å².